The number of benzene rings is 2. The largest absolute Gasteiger partial charge is 0.494 e. The van der Waals surface area contributed by atoms with Gasteiger partial charge in [0.2, 0.25) is 0 Å². The van der Waals surface area contributed by atoms with Crippen molar-refractivity contribution in [3.8, 4) is 5.75 Å². The molecular weight excluding hydrogens is 424 g/mol. The van der Waals surface area contributed by atoms with E-state index in [1.807, 2.05) is 0 Å². The molecule has 0 aliphatic carbocycles. The number of hydrogen-bond donors (Lipinski definition) is 2. The third kappa shape index (κ3) is 7.63. The summed E-state index contributed by atoms with van der Waals surface area (Å²) in [6, 6.07) is 9.67. The number of nitro groups is 2. The van der Waals surface area contributed by atoms with E-state index in [1.165, 1.54) is 0 Å². The standard InChI is InChI=1S/C20H22N4O6S/c1-2-3-4-5-9-30-18-8-6-7-15(12-18)21-20(31)22-19(25)14-10-16(23(26)27)13-17(11-14)24(28)29/h6-8,10-13H,2-5,9H2,1H3,(H2,21,22,25,31). The molecule has 0 radical (unpaired) electrons. The van der Waals surface area contributed by atoms with Crippen LogP contribution in [0.2, 0.25) is 0 Å². The maximum absolute atomic E-state index is 12.4. The highest BCUT2D eigenvalue weighted by molar-refractivity contribution is 7.80. The Morgan fingerprint density at radius 2 is 1.71 bits per heavy atom. The Morgan fingerprint density at radius 1 is 1.03 bits per heavy atom. The van der Waals surface area contributed by atoms with Crippen LogP contribution in [0, 0.1) is 20.2 Å². The minimum atomic E-state index is -0.812. The van der Waals surface area contributed by atoms with Crippen molar-refractivity contribution in [2.24, 2.45) is 0 Å². The molecule has 1 amide bonds. The van der Waals surface area contributed by atoms with Crippen molar-refractivity contribution < 1.29 is 19.4 Å². The smallest absolute Gasteiger partial charge is 0.277 e. The Kier molecular flexibility index (Phi) is 8.82. The molecule has 164 valence electrons. The van der Waals surface area contributed by atoms with Gasteiger partial charge in [-0.3, -0.25) is 30.3 Å². The van der Waals surface area contributed by atoms with Crippen molar-refractivity contribution in [1.29, 1.82) is 0 Å². The number of amides is 1. The monoisotopic (exact) mass is 446 g/mol. The van der Waals surface area contributed by atoms with Gasteiger partial charge in [0.1, 0.15) is 5.75 Å². The fraction of sp³-hybridized carbons (Fsp3) is 0.300. The lowest BCUT2D eigenvalue weighted by Crippen LogP contribution is -2.34. The number of nitro benzene ring substituents is 2. The normalized spacial score (nSPS) is 10.2. The van der Waals surface area contributed by atoms with Crippen LogP contribution >= 0.6 is 12.2 Å². The van der Waals surface area contributed by atoms with Crippen LogP contribution in [0.1, 0.15) is 43.0 Å². The predicted octanol–water partition coefficient (Wildman–Crippen LogP) is 4.59. The molecule has 0 aliphatic heterocycles. The zero-order valence-electron chi connectivity index (χ0n) is 16.8. The number of unbranched alkanes of at least 4 members (excludes halogenated alkanes) is 3. The highest BCUT2D eigenvalue weighted by atomic mass is 32.1. The Labute approximate surface area is 183 Å². The highest BCUT2D eigenvalue weighted by Gasteiger charge is 2.20. The second kappa shape index (κ2) is 11.6. The number of hydrogen-bond acceptors (Lipinski definition) is 7. The maximum Gasteiger partial charge on any atom is 0.277 e. The van der Waals surface area contributed by atoms with Gasteiger partial charge in [-0.2, -0.15) is 0 Å². The van der Waals surface area contributed by atoms with Crippen LogP contribution in [-0.2, 0) is 0 Å². The SMILES string of the molecule is CCCCCCOc1cccc(NC(=S)NC(=O)c2cc([N+](=O)[O-])cc([N+](=O)[O-])c2)c1. The van der Waals surface area contributed by atoms with Crippen LogP contribution in [0.5, 0.6) is 5.75 Å². The van der Waals surface area contributed by atoms with Gasteiger partial charge in [-0.1, -0.05) is 32.3 Å². The summed E-state index contributed by atoms with van der Waals surface area (Å²) in [6.07, 6.45) is 4.36. The van der Waals surface area contributed by atoms with Crippen LogP contribution < -0.4 is 15.4 Å². The molecule has 0 spiro atoms. The predicted molar refractivity (Wildman–Crippen MR) is 120 cm³/mol. The number of anilines is 1. The lowest BCUT2D eigenvalue weighted by Gasteiger charge is -2.11. The van der Waals surface area contributed by atoms with Crippen LogP contribution in [0.3, 0.4) is 0 Å². The lowest BCUT2D eigenvalue weighted by atomic mass is 10.1. The zero-order valence-corrected chi connectivity index (χ0v) is 17.6. The number of carbonyl (C=O) groups is 1. The van der Waals surface area contributed by atoms with E-state index in [4.69, 9.17) is 17.0 Å². The first-order valence-corrected chi connectivity index (χ1v) is 10.00. The third-order valence-corrected chi connectivity index (χ3v) is 4.38. The molecule has 0 aliphatic rings. The van der Waals surface area contributed by atoms with Crippen molar-refractivity contribution in [2.75, 3.05) is 11.9 Å². The third-order valence-electron chi connectivity index (χ3n) is 4.17. The fourth-order valence-corrected chi connectivity index (χ4v) is 2.87. The van der Waals surface area contributed by atoms with E-state index < -0.39 is 27.1 Å². The van der Waals surface area contributed by atoms with E-state index in [2.05, 4.69) is 17.6 Å². The molecule has 2 aromatic carbocycles. The molecule has 0 fully saturated rings. The van der Waals surface area contributed by atoms with Gasteiger partial charge in [0.15, 0.2) is 5.11 Å². The number of non-ortho nitro benzene ring substituents is 2. The average molecular weight is 446 g/mol. The van der Waals surface area contributed by atoms with Crippen molar-refractivity contribution in [3.05, 3.63) is 68.3 Å². The van der Waals surface area contributed by atoms with Crippen molar-refractivity contribution in [1.82, 2.24) is 5.32 Å². The van der Waals surface area contributed by atoms with Gasteiger partial charge in [0.05, 0.1) is 28.1 Å². The van der Waals surface area contributed by atoms with Crippen molar-refractivity contribution in [3.63, 3.8) is 0 Å². The fourth-order valence-electron chi connectivity index (χ4n) is 2.66. The number of nitrogens with one attached hydrogen (secondary N) is 2. The summed E-state index contributed by atoms with van der Waals surface area (Å²) in [6.45, 7) is 2.73. The van der Waals surface area contributed by atoms with E-state index in [0.29, 0.717) is 18.0 Å². The minimum Gasteiger partial charge on any atom is -0.494 e. The highest BCUT2D eigenvalue weighted by Crippen LogP contribution is 2.23. The molecule has 0 unspecified atom stereocenters. The molecule has 0 saturated heterocycles. The Morgan fingerprint density at radius 3 is 2.32 bits per heavy atom. The summed E-state index contributed by atoms with van der Waals surface area (Å²) >= 11 is 5.11. The van der Waals surface area contributed by atoms with Gasteiger partial charge in [-0.15, -0.1) is 0 Å². The van der Waals surface area contributed by atoms with E-state index >= 15 is 0 Å². The first-order chi connectivity index (χ1) is 14.8. The quantitative estimate of drug-likeness (QED) is 0.234. The number of nitrogens with zero attached hydrogens (tertiary/aromatic N) is 2. The Hall–Kier alpha value is -3.60. The van der Waals surface area contributed by atoms with Gasteiger partial charge in [-0.25, -0.2) is 0 Å². The van der Waals surface area contributed by atoms with Crippen LogP contribution in [-0.4, -0.2) is 27.5 Å². The molecule has 0 bridgehead atoms. The molecule has 31 heavy (non-hydrogen) atoms. The summed E-state index contributed by atoms with van der Waals surface area (Å²) in [4.78, 5) is 32.7. The summed E-state index contributed by atoms with van der Waals surface area (Å²) in [5.74, 6) is -0.169. The van der Waals surface area contributed by atoms with Crippen LogP contribution in [0.4, 0.5) is 17.1 Å². The minimum absolute atomic E-state index is 0.0701. The molecule has 0 aromatic heterocycles. The van der Waals surface area contributed by atoms with Crippen LogP contribution in [0.25, 0.3) is 0 Å². The van der Waals surface area contributed by atoms with Gasteiger partial charge in [0, 0.05) is 23.9 Å². The molecule has 10 nitrogen and oxygen atoms in total. The van der Waals surface area contributed by atoms with Gasteiger partial charge >= 0.3 is 0 Å². The maximum atomic E-state index is 12.4. The summed E-state index contributed by atoms with van der Waals surface area (Å²) < 4.78 is 5.70. The van der Waals surface area contributed by atoms with Crippen molar-refractivity contribution in [2.45, 2.75) is 32.6 Å². The summed E-state index contributed by atoms with van der Waals surface area (Å²) in [7, 11) is 0. The van der Waals surface area contributed by atoms with Gasteiger partial charge in [-0.05, 0) is 30.8 Å². The molecule has 0 saturated carbocycles. The lowest BCUT2D eigenvalue weighted by molar-refractivity contribution is -0.394. The molecule has 0 heterocycles. The van der Waals surface area contributed by atoms with E-state index in [-0.39, 0.29) is 10.7 Å². The number of ether oxygens (including phenoxy) is 1. The Balaban J connectivity index is 2.00. The summed E-state index contributed by atoms with van der Waals surface area (Å²) in [5.41, 5.74) is -0.820. The number of carbonyl (C=O) groups excluding carboxylic acids is 1. The first kappa shape index (κ1) is 23.7. The zero-order chi connectivity index (χ0) is 22.8. The molecule has 11 heteroatoms. The van der Waals surface area contributed by atoms with Crippen LogP contribution in [0.15, 0.2) is 42.5 Å². The van der Waals surface area contributed by atoms with Gasteiger partial charge in [0.25, 0.3) is 17.3 Å². The van der Waals surface area contributed by atoms with E-state index in [1.54, 1.807) is 24.3 Å². The molecular formula is C20H22N4O6S. The van der Waals surface area contributed by atoms with E-state index in [0.717, 1.165) is 43.9 Å². The number of rotatable bonds is 10. The molecule has 2 N–H and O–H groups in total. The Bertz CT molecular complexity index is 950. The second-order valence-corrected chi connectivity index (χ2v) is 7.01. The molecule has 2 aromatic rings. The topological polar surface area (TPSA) is 137 Å². The average Bonchev–Trinajstić information content (AvgIpc) is 2.73. The van der Waals surface area contributed by atoms with Crippen molar-refractivity contribution >= 4 is 40.3 Å². The summed E-state index contributed by atoms with van der Waals surface area (Å²) in [5, 5.41) is 27.1. The molecule has 0 atom stereocenters. The number of thiocarbonyl (C=S) groups is 1. The second-order valence-electron chi connectivity index (χ2n) is 6.60. The van der Waals surface area contributed by atoms with Gasteiger partial charge < -0.3 is 10.1 Å². The molecule has 2 rings (SSSR count). The van der Waals surface area contributed by atoms with E-state index in [9.17, 15) is 25.0 Å². The first-order valence-electron chi connectivity index (χ1n) is 9.59.